The van der Waals surface area contributed by atoms with Crippen molar-refractivity contribution < 1.29 is 13.9 Å². The van der Waals surface area contributed by atoms with Crippen LogP contribution in [0.5, 0.6) is 0 Å². The summed E-state index contributed by atoms with van der Waals surface area (Å²) < 4.78 is 18.6. The van der Waals surface area contributed by atoms with E-state index in [-0.39, 0.29) is 29.5 Å². The zero-order valence-electron chi connectivity index (χ0n) is 13.7. The van der Waals surface area contributed by atoms with Gasteiger partial charge in [-0.15, -0.1) is 0 Å². The van der Waals surface area contributed by atoms with Gasteiger partial charge in [-0.2, -0.15) is 0 Å². The lowest BCUT2D eigenvalue weighted by atomic mass is 10.00. The van der Waals surface area contributed by atoms with Crippen LogP contribution in [-0.4, -0.2) is 48.2 Å². The third-order valence-electron chi connectivity index (χ3n) is 4.06. The summed E-state index contributed by atoms with van der Waals surface area (Å²) in [6.07, 6.45) is 0.381. The molecular formula is C17H25FN2O2. The largest absolute Gasteiger partial charge is 0.373 e. The smallest absolute Gasteiger partial charge is 0.251 e. The van der Waals surface area contributed by atoms with Gasteiger partial charge in [0.15, 0.2) is 0 Å². The van der Waals surface area contributed by atoms with Crippen molar-refractivity contribution >= 4 is 5.91 Å². The molecule has 1 amide bonds. The van der Waals surface area contributed by atoms with Crippen molar-refractivity contribution in [3.05, 3.63) is 35.6 Å². The number of nitrogens with one attached hydrogen (secondary N) is 1. The van der Waals surface area contributed by atoms with Crippen molar-refractivity contribution in [2.45, 2.75) is 45.4 Å². The van der Waals surface area contributed by atoms with Crippen LogP contribution in [0.2, 0.25) is 0 Å². The maximum absolute atomic E-state index is 12.9. The molecule has 1 heterocycles. The summed E-state index contributed by atoms with van der Waals surface area (Å²) in [5.41, 5.74) is 0.308. The summed E-state index contributed by atoms with van der Waals surface area (Å²) in [7, 11) is 0. The van der Waals surface area contributed by atoms with Crippen LogP contribution in [0.15, 0.2) is 24.3 Å². The second-order valence-corrected chi connectivity index (χ2v) is 6.66. The van der Waals surface area contributed by atoms with Gasteiger partial charge in [-0.25, -0.2) is 4.39 Å². The molecule has 0 radical (unpaired) electrons. The quantitative estimate of drug-likeness (QED) is 0.929. The van der Waals surface area contributed by atoms with E-state index < -0.39 is 0 Å². The predicted octanol–water partition coefficient (Wildman–Crippen LogP) is 2.44. The van der Waals surface area contributed by atoms with Gasteiger partial charge in [0.05, 0.1) is 12.2 Å². The molecule has 1 N–H and O–H groups in total. The van der Waals surface area contributed by atoms with Gasteiger partial charge >= 0.3 is 0 Å². The van der Waals surface area contributed by atoms with Gasteiger partial charge in [-0.05, 0) is 52.0 Å². The molecule has 1 saturated heterocycles. The van der Waals surface area contributed by atoms with E-state index in [1.54, 1.807) is 0 Å². The van der Waals surface area contributed by atoms with Crippen molar-refractivity contribution in [1.29, 1.82) is 0 Å². The second kappa shape index (κ2) is 6.75. The Labute approximate surface area is 131 Å². The number of halogens is 1. The van der Waals surface area contributed by atoms with Crippen LogP contribution in [0.3, 0.4) is 0 Å². The predicted molar refractivity (Wildman–Crippen MR) is 84.4 cm³/mol. The van der Waals surface area contributed by atoms with Gasteiger partial charge in [0.2, 0.25) is 0 Å². The van der Waals surface area contributed by atoms with E-state index in [9.17, 15) is 9.18 Å². The number of hydrogen-bond acceptors (Lipinski definition) is 3. The minimum Gasteiger partial charge on any atom is -0.373 e. The van der Waals surface area contributed by atoms with E-state index >= 15 is 0 Å². The van der Waals surface area contributed by atoms with Gasteiger partial charge in [0.1, 0.15) is 5.82 Å². The van der Waals surface area contributed by atoms with Gasteiger partial charge in [-0.3, -0.25) is 9.69 Å². The molecule has 0 unspecified atom stereocenters. The SMILES string of the molecule is C[C@@H]1CN(C(C)(C)CNC(=O)c2ccc(F)cc2)C[C@@H](C)O1. The summed E-state index contributed by atoms with van der Waals surface area (Å²) in [4.78, 5) is 14.5. The fourth-order valence-electron chi connectivity index (χ4n) is 2.78. The summed E-state index contributed by atoms with van der Waals surface area (Å²) in [5, 5.41) is 2.94. The Kier molecular flexibility index (Phi) is 5.19. The van der Waals surface area contributed by atoms with Crippen molar-refractivity contribution in [3.63, 3.8) is 0 Å². The Balaban J connectivity index is 1.94. The number of benzene rings is 1. The maximum atomic E-state index is 12.9. The molecule has 5 heteroatoms. The molecule has 0 aliphatic carbocycles. The highest BCUT2D eigenvalue weighted by molar-refractivity contribution is 5.94. The minimum atomic E-state index is -0.340. The standard InChI is InChI=1S/C17H25FN2O2/c1-12-9-20(10-13(2)22-12)17(3,4)11-19-16(21)14-5-7-15(18)8-6-14/h5-8,12-13H,9-11H2,1-4H3,(H,19,21)/t12-,13-/m1/s1. The number of ether oxygens (including phenoxy) is 1. The number of rotatable bonds is 4. The lowest BCUT2D eigenvalue weighted by Gasteiger charge is -2.45. The molecule has 1 aromatic rings. The first-order chi connectivity index (χ1) is 10.3. The van der Waals surface area contributed by atoms with Crippen LogP contribution in [0.25, 0.3) is 0 Å². The van der Waals surface area contributed by atoms with Gasteiger partial charge in [0.25, 0.3) is 5.91 Å². The number of carbonyl (C=O) groups excluding carboxylic acids is 1. The van der Waals surface area contributed by atoms with E-state index in [0.717, 1.165) is 13.1 Å². The number of amides is 1. The monoisotopic (exact) mass is 308 g/mol. The Morgan fingerprint density at radius 2 is 1.82 bits per heavy atom. The average molecular weight is 308 g/mol. The average Bonchev–Trinajstić information content (AvgIpc) is 2.44. The van der Waals surface area contributed by atoms with E-state index in [0.29, 0.717) is 12.1 Å². The van der Waals surface area contributed by atoms with Crippen LogP contribution < -0.4 is 5.32 Å². The van der Waals surface area contributed by atoms with Gasteiger partial charge in [-0.1, -0.05) is 0 Å². The number of hydrogen-bond donors (Lipinski definition) is 1. The topological polar surface area (TPSA) is 41.6 Å². The normalized spacial score (nSPS) is 23.3. The van der Waals surface area contributed by atoms with E-state index in [2.05, 4.69) is 37.9 Å². The molecule has 0 spiro atoms. The molecule has 0 aromatic heterocycles. The molecular weight excluding hydrogens is 283 g/mol. The zero-order chi connectivity index (χ0) is 16.3. The third kappa shape index (κ3) is 4.27. The molecule has 1 aromatic carbocycles. The molecule has 122 valence electrons. The van der Waals surface area contributed by atoms with Crippen LogP contribution in [0.4, 0.5) is 4.39 Å². The summed E-state index contributed by atoms with van der Waals surface area (Å²) in [6.45, 7) is 10.6. The highest BCUT2D eigenvalue weighted by Crippen LogP contribution is 2.20. The van der Waals surface area contributed by atoms with E-state index in [1.165, 1.54) is 24.3 Å². The summed E-state index contributed by atoms with van der Waals surface area (Å²) in [6, 6.07) is 5.59. The first kappa shape index (κ1) is 16.9. The number of carbonyl (C=O) groups is 1. The first-order valence-corrected chi connectivity index (χ1v) is 7.72. The molecule has 1 fully saturated rings. The van der Waals surface area contributed by atoms with Crippen molar-refractivity contribution in [2.24, 2.45) is 0 Å². The molecule has 22 heavy (non-hydrogen) atoms. The molecule has 2 rings (SSSR count). The van der Waals surface area contributed by atoms with E-state index in [1.807, 2.05) is 0 Å². The lowest BCUT2D eigenvalue weighted by molar-refractivity contribution is -0.0948. The Morgan fingerprint density at radius 3 is 2.36 bits per heavy atom. The Bertz CT molecular complexity index is 506. The Hall–Kier alpha value is -1.46. The first-order valence-electron chi connectivity index (χ1n) is 7.72. The van der Waals surface area contributed by atoms with Crippen LogP contribution in [0, 0.1) is 5.82 Å². The van der Waals surface area contributed by atoms with Crippen LogP contribution in [-0.2, 0) is 4.74 Å². The highest BCUT2D eigenvalue weighted by atomic mass is 19.1. The minimum absolute atomic E-state index is 0.165. The molecule has 2 atom stereocenters. The highest BCUT2D eigenvalue weighted by Gasteiger charge is 2.33. The van der Waals surface area contributed by atoms with Gasteiger partial charge in [0, 0.05) is 30.7 Å². The fourth-order valence-corrected chi connectivity index (χ4v) is 2.78. The van der Waals surface area contributed by atoms with Crippen molar-refractivity contribution in [1.82, 2.24) is 10.2 Å². The number of morpholine rings is 1. The van der Waals surface area contributed by atoms with Gasteiger partial charge < -0.3 is 10.1 Å². The fraction of sp³-hybridized carbons (Fsp3) is 0.588. The zero-order valence-corrected chi connectivity index (χ0v) is 13.7. The van der Waals surface area contributed by atoms with E-state index in [4.69, 9.17) is 4.74 Å². The number of nitrogens with zero attached hydrogens (tertiary/aromatic N) is 1. The Morgan fingerprint density at radius 1 is 1.27 bits per heavy atom. The van der Waals surface area contributed by atoms with Crippen LogP contribution >= 0.6 is 0 Å². The van der Waals surface area contributed by atoms with Crippen molar-refractivity contribution in [3.8, 4) is 0 Å². The molecule has 0 bridgehead atoms. The molecule has 1 aliphatic heterocycles. The summed E-state index contributed by atoms with van der Waals surface area (Å²) in [5.74, 6) is -0.518. The summed E-state index contributed by atoms with van der Waals surface area (Å²) >= 11 is 0. The lowest BCUT2D eigenvalue weighted by Crippen LogP contribution is -2.58. The third-order valence-corrected chi connectivity index (χ3v) is 4.06. The molecule has 1 aliphatic rings. The van der Waals surface area contributed by atoms with Crippen molar-refractivity contribution in [2.75, 3.05) is 19.6 Å². The molecule has 0 saturated carbocycles. The second-order valence-electron chi connectivity index (χ2n) is 6.66. The van der Waals surface area contributed by atoms with Crippen LogP contribution in [0.1, 0.15) is 38.1 Å². The molecule has 4 nitrogen and oxygen atoms in total. The maximum Gasteiger partial charge on any atom is 0.251 e.